The lowest BCUT2D eigenvalue weighted by molar-refractivity contribution is -0.138. The van der Waals surface area contributed by atoms with Gasteiger partial charge in [-0.2, -0.15) is 0 Å². The summed E-state index contributed by atoms with van der Waals surface area (Å²) in [5.41, 5.74) is -0.109. The molecule has 3 amide bonds. The van der Waals surface area contributed by atoms with Gasteiger partial charge in [0.15, 0.2) is 0 Å². The van der Waals surface area contributed by atoms with Gasteiger partial charge in [-0.25, -0.2) is 9.18 Å². The van der Waals surface area contributed by atoms with Crippen LogP contribution < -0.4 is 5.32 Å². The Morgan fingerprint density at radius 1 is 1.28 bits per heavy atom. The van der Waals surface area contributed by atoms with Crippen molar-refractivity contribution in [1.29, 1.82) is 0 Å². The molecule has 2 aliphatic heterocycles. The highest BCUT2D eigenvalue weighted by Gasteiger charge is 2.52. The lowest BCUT2D eigenvalue weighted by Gasteiger charge is -2.37. The fourth-order valence-electron chi connectivity index (χ4n) is 3.82. The largest absolute Gasteiger partial charge is 0.381 e. The molecule has 2 aliphatic rings. The van der Waals surface area contributed by atoms with Crippen LogP contribution >= 0.6 is 0 Å². The van der Waals surface area contributed by atoms with Gasteiger partial charge in [0.25, 0.3) is 0 Å². The van der Waals surface area contributed by atoms with Crippen LogP contribution in [0.25, 0.3) is 0 Å². The molecule has 7 heteroatoms. The van der Waals surface area contributed by atoms with Gasteiger partial charge in [0, 0.05) is 45.8 Å². The van der Waals surface area contributed by atoms with E-state index < -0.39 is 5.82 Å². The number of amides is 3. The first-order chi connectivity index (χ1) is 11.9. The number of carbonyl (C=O) groups is 2. The number of carbonyl (C=O) groups excluding carboxylic acids is 2. The zero-order valence-electron chi connectivity index (χ0n) is 14.6. The van der Waals surface area contributed by atoms with Crippen LogP contribution in [-0.2, 0) is 9.53 Å². The fraction of sp³-hybridized carbons (Fsp3) is 0.556. The number of hydrogen-bond donors (Lipinski definition) is 1. The summed E-state index contributed by atoms with van der Waals surface area (Å²) in [6.07, 6.45) is 1.50. The molecule has 0 aromatic heterocycles. The normalized spacial score (nSPS) is 22.0. The standard InChI is InChI=1S/C18H24FN3O3/c1-21(2)16(23)13-11-22(12-18(13)7-9-25-10-8-18)17(24)20-15-6-4-3-5-14(15)19/h3-6,13H,7-12H2,1-2H3,(H,20,24). The molecular formula is C18H24FN3O3. The fourth-order valence-corrected chi connectivity index (χ4v) is 3.82. The van der Waals surface area contributed by atoms with Crippen LogP contribution in [0, 0.1) is 17.2 Å². The average Bonchev–Trinajstić information content (AvgIpc) is 2.95. The van der Waals surface area contributed by atoms with E-state index in [1.165, 1.54) is 12.1 Å². The third kappa shape index (κ3) is 3.46. The Hall–Kier alpha value is -2.15. The molecule has 1 aromatic carbocycles. The van der Waals surface area contributed by atoms with E-state index in [1.807, 2.05) is 0 Å². The summed E-state index contributed by atoms with van der Waals surface area (Å²) < 4.78 is 19.2. The van der Waals surface area contributed by atoms with E-state index in [9.17, 15) is 14.0 Å². The third-order valence-corrected chi connectivity index (χ3v) is 5.28. The molecule has 2 saturated heterocycles. The Bertz CT molecular complexity index is 659. The first-order valence-corrected chi connectivity index (χ1v) is 8.52. The van der Waals surface area contributed by atoms with Crippen LogP contribution in [-0.4, -0.2) is 62.1 Å². The van der Waals surface area contributed by atoms with Gasteiger partial charge in [-0.3, -0.25) is 4.79 Å². The molecule has 1 unspecified atom stereocenters. The van der Waals surface area contributed by atoms with E-state index in [-0.39, 0.29) is 29.0 Å². The van der Waals surface area contributed by atoms with Gasteiger partial charge in [0.1, 0.15) is 5.82 Å². The van der Waals surface area contributed by atoms with Crippen molar-refractivity contribution in [2.75, 3.05) is 45.7 Å². The molecule has 1 spiro atoms. The number of ether oxygens (including phenoxy) is 1. The third-order valence-electron chi connectivity index (χ3n) is 5.28. The molecule has 0 bridgehead atoms. The van der Waals surface area contributed by atoms with E-state index in [0.29, 0.717) is 26.3 Å². The van der Waals surface area contributed by atoms with E-state index in [0.717, 1.165) is 12.8 Å². The number of hydrogen-bond acceptors (Lipinski definition) is 3. The number of nitrogens with zero attached hydrogens (tertiary/aromatic N) is 2. The van der Waals surface area contributed by atoms with Gasteiger partial charge < -0.3 is 19.9 Å². The summed E-state index contributed by atoms with van der Waals surface area (Å²) in [7, 11) is 3.47. The van der Waals surface area contributed by atoms with E-state index in [4.69, 9.17) is 4.74 Å². The van der Waals surface area contributed by atoms with Crippen molar-refractivity contribution in [3.63, 3.8) is 0 Å². The van der Waals surface area contributed by atoms with Crippen LogP contribution in [0.4, 0.5) is 14.9 Å². The Labute approximate surface area is 146 Å². The van der Waals surface area contributed by atoms with Gasteiger partial charge in [-0.1, -0.05) is 12.1 Å². The molecule has 1 aromatic rings. The minimum Gasteiger partial charge on any atom is -0.381 e. The number of rotatable bonds is 2. The van der Waals surface area contributed by atoms with E-state index >= 15 is 0 Å². The van der Waals surface area contributed by atoms with Crippen LogP contribution in [0.3, 0.4) is 0 Å². The van der Waals surface area contributed by atoms with Crippen molar-refractivity contribution >= 4 is 17.6 Å². The predicted octanol–water partition coefficient (Wildman–Crippen LogP) is 2.17. The topological polar surface area (TPSA) is 61.9 Å². The predicted molar refractivity (Wildman–Crippen MR) is 91.7 cm³/mol. The molecule has 1 atom stereocenters. The number of para-hydroxylation sites is 1. The van der Waals surface area contributed by atoms with Crippen LogP contribution in [0.5, 0.6) is 0 Å². The van der Waals surface area contributed by atoms with Crippen LogP contribution in [0.15, 0.2) is 24.3 Å². The minimum absolute atomic E-state index is 0.0306. The lowest BCUT2D eigenvalue weighted by atomic mass is 9.71. The number of likely N-dealkylation sites (tertiary alicyclic amines) is 1. The van der Waals surface area contributed by atoms with Gasteiger partial charge in [0.05, 0.1) is 11.6 Å². The second kappa shape index (κ2) is 7.00. The molecule has 25 heavy (non-hydrogen) atoms. The number of halogens is 1. The number of anilines is 1. The van der Waals surface area contributed by atoms with Crippen molar-refractivity contribution in [2.45, 2.75) is 12.8 Å². The maximum Gasteiger partial charge on any atom is 0.321 e. The zero-order valence-corrected chi connectivity index (χ0v) is 14.6. The number of benzene rings is 1. The molecule has 136 valence electrons. The van der Waals surface area contributed by atoms with Crippen molar-refractivity contribution in [3.8, 4) is 0 Å². The van der Waals surface area contributed by atoms with E-state index in [1.54, 1.807) is 36.0 Å². The SMILES string of the molecule is CN(C)C(=O)C1CN(C(=O)Nc2ccccc2F)CC12CCOCC2. The highest BCUT2D eigenvalue weighted by Crippen LogP contribution is 2.45. The molecule has 0 aliphatic carbocycles. The second-order valence-corrected chi connectivity index (χ2v) is 7.05. The van der Waals surface area contributed by atoms with Gasteiger partial charge in [0.2, 0.25) is 5.91 Å². The van der Waals surface area contributed by atoms with Crippen LogP contribution in [0.2, 0.25) is 0 Å². The summed E-state index contributed by atoms with van der Waals surface area (Å²) in [5, 5.41) is 2.62. The number of urea groups is 1. The smallest absolute Gasteiger partial charge is 0.321 e. The molecule has 0 saturated carbocycles. The Morgan fingerprint density at radius 2 is 1.96 bits per heavy atom. The summed E-state index contributed by atoms with van der Waals surface area (Å²) >= 11 is 0. The van der Waals surface area contributed by atoms with Gasteiger partial charge in [-0.05, 0) is 25.0 Å². The van der Waals surface area contributed by atoms with Crippen molar-refractivity contribution < 1.29 is 18.7 Å². The molecule has 1 N–H and O–H groups in total. The number of nitrogens with one attached hydrogen (secondary N) is 1. The average molecular weight is 349 g/mol. The molecule has 2 fully saturated rings. The monoisotopic (exact) mass is 349 g/mol. The molecule has 0 radical (unpaired) electrons. The maximum atomic E-state index is 13.8. The summed E-state index contributed by atoms with van der Waals surface area (Å²) in [6.45, 7) is 2.03. The molecule has 2 heterocycles. The Morgan fingerprint density at radius 3 is 2.60 bits per heavy atom. The van der Waals surface area contributed by atoms with E-state index in [2.05, 4.69) is 5.32 Å². The minimum atomic E-state index is -0.475. The Balaban J connectivity index is 1.78. The van der Waals surface area contributed by atoms with Crippen molar-refractivity contribution in [3.05, 3.63) is 30.1 Å². The van der Waals surface area contributed by atoms with Crippen molar-refractivity contribution in [2.24, 2.45) is 11.3 Å². The first kappa shape index (κ1) is 17.7. The Kier molecular flexibility index (Phi) is 4.94. The molecular weight excluding hydrogens is 325 g/mol. The van der Waals surface area contributed by atoms with Crippen LogP contribution in [0.1, 0.15) is 12.8 Å². The zero-order chi connectivity index (χ0) is 18.0. The highest BCUT2D eigenvalue weighted by molar-refractivity contribution is 5.91. The van der Waals surface area contributed by atoms with Gasteiger partial charge in [-0.15, -0.1) is 0 Å². The maximum absolute atomic E-state index is 13.8. The molecule has 3 rings (SSSR count). The van der Waals surface area contributed by atoms with Crippen molar-refractivity contribution in [1.82, 2.24) is 9.80 Å². The van der Waals surface area contributed by atoms with Gasteiger partial charge >= 0.3 is 6.03 Å². The second-order valence-electron chi connectivity index (χ2n) is 7.05. The lowest BCUT2D eigenvalue weighted by Crippen LogP contribution is -2.44. The summed E-state index contributed by atoms with van der Waals surface area (Å²) in [5.74, 6) is -0.697. The summed E-state index contributed by atoms with van der Waals surface area (Å²) in [4.78, 5) is 28.5. The first-order valence-electron chi connectivity index (χ1n) is 8.52. The quantitative estimate of drug-likeness (QED) is 0.890. The highest BCUT2D eigenvalue weighted by atomic mass is 19.1. The summed E-state index contributed by atoms with van der Waals surface area (Å²) in [6, 6.07) is 5.70. The molecule has 6 nitrogen and oxygen atoms in total.